The highest BCUT2D eigenvalue weighted by Gasteiger charge is 2.55. The summed E-state index contributed by atoms with van der Waals surface area (Å²) in [5.74, 6) is 5.37. The summed E-state index contributed by atoms with van der Waals surface area (Å²) < 4.78 is 0. The van der Waals surface area contributed by atoms with Gasteiger partial charge in [0.25, 0.3) is 0 Å². The molecule has 0 amide bonds. The van der Waals surface area contributed by atoms with E-state index in [0.717, 1.165) is 29.6 Å². The lowest BCUT2D eigenvalue weighted by atomic mass is 9.54. The normalized spacial score (nSPS) is 31.9. The Balaban J connectivity index is 0.000000648. The van der Waals surface area contributed by atoms with Gasteiger partial charge < -0.3 is 0 Å². The van der Waals surface area contributed by atoms with Gasteiger partial charge in [-0.15, -0.1) is 0 Å². The molecule has 0 aromatic carbocycles. The monoisotopic (exact) mass is 336 g/mol. The molecule has 2 saturated carbocycles. The smallest absolute Gasteiger partial charge is 0.0321 e. The summed E-state index contributed by atoms with van der Waals surface area (Å²) in [6.07, 6.45) is 16.0. The molecule has 0 heterocycles. The van der Waals surface area contributed by atoms with Crippen LogP contribution in [0.25, 0.3) is 0 Å². The van der Waals surface area contributed by atoms with Crippen molar-refractivity contribution in [2.45, 2.75) is 119 Å². The summed E-state index contributed by atoms with van der Waals surface area (Å²) in [5, 5.41) is 0. The molecule has 2 fully saturated rings. The second-order valence-electron chi connectivity index (χ2n) is 9.84. The lowest BCUT2D eigenvalue weighted by molar-refractivity contribution is -0.0186. The number of fused-ring (bicyclic) bond motifs is 1. The molecule has 0 aliphatic heterocycles. The quantitative estimate of drug-likeness (QED) is 0.390. The van der Waals surface area contributed by atoms with Gasteiger partial charge >= 0.3 is 0 Å². The van der Waals surface area contributed by atoms with Crippen molar-refractivity contribution in [1.82, 2.24) is 0 Å². The second kappa shape index (κ2) is 10.9. The van der Waals surface area contributed by atoms with Crippen LogP contribution < -0.4 is 0 Å². The summed E-state index contributed by atoms with van der Waals surface area (Å²) in [6.45, 7) is 16.5. The van der Waals surface area contributed by atoms with E-state index in [4.69, 9.17) is 0 Å². The van der Waals surface area contributed by atoms with Crippen molar-refractivity contribution in [3.63, 3.8) is 0 Å². The maximum Gasteiger partial charge on any atom is -0.0321 e. The zero-order chi connectivity index (χ0) is 18.2. The number of hydrogen-bond donors (Lipinski definition) is 0. The molecule has 0 N–H and O–H groups in total. The van der Waals surface area contributed by atoms with Crippen LogP contribution >= 0.6 is 0 Å². The van der Waals surface area contributed by atoms with E-state index in [1.165, 1.54) is 57.8 Å². The Kier molecular flexibility index (Phi) is 9.98. The van der Waals surface area contributed by atoms with Crippen molar-refractivity contribution in [2.75, 3.05) is 0 Å². The lowest BCUT2D eigenvalue weighted by Crippen LogP contribution is -2.44. The standard InChI is InChI=1S/C20H38.C4H10/c1-6-8-10-12-17-15(11-9-7-2)13-16-14-18(19(16)17)20(3,4)5;1-3-4-2/h15-19H,6-14H2,1-5H3;3-4H2,1-2H3. The van der Waals surface area contributed by atoms with Crippen LogP contribution in [0.5, 0.6) is 0 Å². The summed E-state index contributed by atoms with van der Waals surface area (Å²) >= 11 is 0. The van der Waals surface area contributed by atoms with E-state index in [0.29, 0.717) is 5.41 Å². The molecule has 0 spiro atoms. The molecule has 0 heteroatoms. The minimum absolute atomic E-state index is 0.545. The van der Waals surface area contributed by atoms with Gasteiger partial charge in [0, 0.05) is 0 Å². The summed E-state index contributed by atoms with van der Waals surface area (Å²) in [7, 11) is 0. The zero-order valence-electron chi connectivity index (χ0n) is 18.2. The molecule has 0 bridgehead atoms. The molecular formula is C24H48. The average molecular weight is 337 g/mol. The van der Waals surface area contributed by atoms with E-state index >= 15 is 0 Å². The van der Waals surface area contributed by atoms with Gasteiger partial charge in [0.1, 0.15) is 0 Å². The molecule has 0 radical (unpaired) electrons. The van der Waals surface area contributed by atoms with Gasteiger partial charge in [0.2, 0.25) is 0 Å². The Hall–Kier alpha value is 0. The average Bonchev–Trinajstić information content (AvgIpc) is 2.76. The largest absolute Gasteiger partial charge is 0.0654 e. The minimum atomic E-state index is 0.545. The highest BCUT2D eigenvalue weighted by molar-refractivity contribution is 5.04. The van der Waals surface area contributed by atoms with Crippen molar-refractivity contribution in [3.8, 4) is 0 Å². The van der Waals surface area contributed by atoms with Crippen molar-refractivity contribution in [2.24, 2.45) is 35.0 Å². The first-order chi connectivity index (χ1) is 11.4. The van der Waals surface area contributed by atoms with E-state index in [-0.39, 0.29) is 0 Å². The van der Waals surface area contributed by atoms with Gasteiger partial charge in [-0.3, -0.25) is 0 Å². The molecule has 2 aliphatic rings. The Morgan fingerprint density at radius 2 is 1.33 bits per heavy atom. The molecule has 5 atom stereocenters. The Labute approximate surface area is 154 Å². The predicted molar refractivity (Wildman–Crippen MR) is 110 cm³/mol. The van der Waals surface area contributed by atoms with E-state index in [2.05, 4.69) is 48.5 Å². The number of hydrogen-bond acceptors (Lipinski definition) is 0. The molecule has 5 unspecified atom stereocenters. The molecule has 0 nitrogen and oxygen atoms in total. The van der Waals surface area contributed by atoms with Crippen molar-refractivity contribution < 1.29 is 0 Å². The third kappa shape index (κ3) is 6.06. The van der Waals surface area contributed by atoms with Gasteiger partial charge in [-0.05, 0) is 54.3 Å². The van der Waals surface area contributed by atoms with Crippen LogP contribution in [0.3, 0.4) is 0 Å². The maximum atomic E-state index is 2.48. The molecule has 0 aromatic rings. The summed E-state index contributed by atoms with van der Waals surface area (Å²) in [6, 6.07) is 0. The first-order valence-corrected chi connectivity index (χ1v) is 11.4. The van der Waals surface area contributed by atoms with Crippen LogP contribution in [0.2, 0.25) is 0 Å². The Bertz CT molecular complexity index is 308. The van der Waals surface area contributed by atoms with Crippen molar-refractivity contribution >= 4 is 0 Å². The van der Waals surface area contributed by atoms with Gasteiger partial charge in [0.05, 0.1) is 0 Å². The Morgan fingerprint density at radius 3 is 1.83 bits per heavy atom. The van der Waals surface area contributed by atoms with E-state index in [1.807, 2.05) is 0 Å². The van der Waals surface area contributed by atoms with Crippen LogP contribution in [0.4, 0.5) is 0 Å². The van der Waals surface area contributed by atoms with Crippen LogP contribution in [-0.4, -0.2) is 0 Å². The highest BCUT2D eigenvalue weighted by atomic mass is 14.6. The summed E-state index contributed by atoms with van der Waals surface area (Å²) in [5.41, 5.74) is 0.545. The molecule has 2 rings (SSSR count). The molecule has 24 heavy (non-hydrogen) atoms. The third-order valence-electron chi connectivity index (χ3n) is 6.95. The van der Waals surface area contributed by atoms with Crippen molar-refractivity contribution in [3.05, 3.63) is 0 Å². The van der Waals surface area contributed by atoms with Gasteiger partial charge in [-0.2, -0.15) is 0 Å². The van der Waals surface area contributed by atoms with Gasteiger partial charge in [0.15, 0.2) is 0 Å². The Morgan fingerprint density at radius 1 is 0.708 bits per heavy atom. The molecule has 0 saturated heterocycles. The summed E-state index contributed by atoms with van der Waals surface area (Å²) in [4.78, 5) is 0. The number of rotatable bonds is 8. The third-order valence-corrected chi connectivity index (χ3v) is 6.95. The fourth-order valence-electron chi connectivity index (χ4n) is 5.34. The van der Waals surface area contributed by atoms with E-state index in [1.54, 1.807) is 12.8 Å². The van der Waals surface area contributed by atoms with Crippen LogP contribution in [-0.2, 0) is 0 Å². The van der Waals surface area contributed by atoms with E-state index < -0.39 is 0 Å². The van der Waals surface area contributed by atoms with Gasteiger partial charge in [-0.25, -0.2) is 0 Å². The molecule has 2 aliphatic carbocycles. The van der Waals surface area contributed by atoms with E-state index in [9.17, 15) is 0 Å². The minimum Gasteiger partial charge on any atom is -0.0654 e. The molecule has 0 aromatic heterocycles. The van der Waals surface area contributed by atoms with Crippen molar-refractivity contribution in [1.29, 1.82) is 0 Å². The lowest BCUT2D eigenvalue weighted by Gasteiger charge is -2.51. The van der Waals surface area contributed by atoms with Crippen LogP contribution in [0.1, 0.15) is 119 Å². The van der Waals surface area contributed by atoms with Crippen LogP contribution in [0.15, 0.2) is 0 Å². The molecule has 144 valence electrons. The van der Waals surface area contributed by atoms with Gasteiger partial charge in [-0.1, -0.05) is 99.8 Å². The topological polar surface area (TPSA) is 0 Å². The first-order valence-electron chi connectivity index (χ1n) is 11.4. The SMILES string of the molecule is CCCC.CCCCCC1C(CCCC)CC2CC(C(C)(C)C)C21. The first kappa shape index (κ1) is 22.0. The highest BCUT2D eigenvalue weighted by Crippen LogP contribution is 2.63. The second-order valence-corrected chi connectivity index (χ2v) is 9.84. The maximum absolute atomic E-state index is 2.48. The zero-order valence-corrected chi connectivity index (χ0v) is 18.2. The number of unbranched alkanes of at least 4 members (excludes halogenated alkanes) is 4. The predicted octanol–water partition coefficient (Wildman–Crippen LogP) is 8.50. The fourth-order valence-corrected chi connectivity index (χ4v) is 5.34. The fraction of sp³-hybridized carbons (Fsp3) is 1.00. The van der Waals surface area contributed by atoms with Crippen LogP contribution in [0, 0.1) is 35.0 Å². The molecular weight excluding hydrogens is 288 g/mol.